The van der Waals surface area contributed by atoms with Crippen molar-refractivity contribution in [3.63, 3.8) is 0 Å². The highest BCUT2D eigenvalue weighted by molar-refractivity contribution is 5.53. The zero-order valence-electron chi connectivity index (χ0n) is 10.7. The van der Waals surface area contributed by atoms with E-state index in [9.17, 15) is 13.2 Å². The third-order valence-electron chi connectivity index (χ3n) is 3.16. The first-order valence-corrected chi connectivity index (χ1v) is 6.11. The second-order valence-corrected chi connectivity index (χ2v) is 4.46. The maximum Gasteiger partial charge on any atom is 0.412 e. The molecular weight excluding hydrogens is 255 g/mol. The molecule has 0 saturated heterocycles. The molecule has 3 nitrogen and oxygen atoms in total. The SMILES string of the molecule is CNCc1cnccc1N1CC=C(C(F)(F)F)CC1. The summed E-state index contributed by atoms with van der Waals surface area (Å²) in [5.74, 6) is 0. The van der Waals surface area contributed by atoms with Crippen molar-refractivity contribution in [2.75, 3.05) is 25.0 Å². The third-order valence-corrected chi connectivity index (χ3v) is 3.16. The summed E-state index contributed by atoms with van der Waals surface area (Å²) in [6.45, 7) is 1.32. The van der Waals surface area contributed by atoms with E-state index in [-0.39, 0.29) is 13.0 Å². The minimum absolute atomic E-state index is 0.0326. The molecule has 1 N–H and O–H groups in total. The number of rotatable bonds is 3. The van der Waals surface area contributed by atoms with E-state index in [1.54, 1.807) is 12.4 Å². The Morgan fingerprint density at radius 2 is 2.21 bits per heavy atom. The summed E-state index contributed by atoms with van der Waals surface area (Å²) in [6.07, 6.45) is 0.516. The number of hydrogen-bond donors (Lipinski definition) is 1. The van der Waals surface area contributed by atoms with E-state index in [2.05, 4.69) is 10.3 Å². The Morgan fingerprint density at radius 3 is 2.79 bits per heavy atom. The molecule has 19 heavy (non-hydrogen) atoms. The Morgan fingerprint density at radius 1 is 1.42 bits per heavy atom. The lowest BCUT2D eigenvalue weighted by Crippen LogP contribution is -2.32. The number of alkyl halides is 3. The average Bonchev–Trinajstić information content (AvgIpc) is 2.39. The fraction of sp³-hybridized carbons (Fsp3) is 0.462. The Kier molecular flexibility index (Phi) is 4.09. The van der Waals surface area contributed by atoms with Crippen LogP contribution in [0.15, 0.2) is 30.1 Å². The zero-order valence-corrected chi connectivity index (χ0v) is 10.7. The van der Waals surface area contributed by atoms with E-state index in [4.69, 9.17) is 0 Å². The molecule has 0 radical (unpaired) electrons. The van der Waals surface area contributed by atoms with Crippen LogP contribution in [0.1, 0.15) is 12.0 Å². The molecule has 6 heteroatoms. The van der Waals surface area contributed by atoms with Gasteiger partial charge in [-0.25, -0.2) is 0 Å². The highest BCUT2D eigenvalue weighted by Gasteiger charge is 2.34. The summed E-state index contributed by atoms with van der Waals surface area (Å²) in [6, 6.07) is 1.85. The topological polar surface area (TPSA) is 28.2 Å². The predicted octanol–water partition coefficient (Wildman–Crippen LogP) is 2.50. The van der Waals surface area contributed by atoms with Gasteiger partial charge < -0.3 is 10.2 Å². The highest BCUT2D eigenvalue weighted by Crippen LogP contribution is 2.32. The number of halogens is 3. The fourth-order valence-corrected chi connectivity index (χ4v) is 2.20. The lowest BCUT2D eigenvalue weighted by atomic mass is 10.1. The molecule has 0 aliphatic carbocycles. The Labute approximate surface area is 110 Å². The van der Waals surface area contributed by atoms with Crippen molar-refractivity contribution in [2.24, 2.45) is 0 Å². The molecule has 0 fully saturated rings. The van der Waals surface area contributed by atoms with Crippen LogP contribution in [0.2, 0.25) is 0 Å². The molecule has 0 aromatic carbocycles. The molecule has 0 spiro atoms. The lowest BCUT2D eigenvalue weighted by Gasteiger charge is -2.30. The van der Waals surface area contributed by atoms with Crippen LogP contribution >= 0.6 is 0 Å². The monoisotopic (exact) mass is 271 g/mol. The molecule has 2 rings (SSSR count). The van der Waals surface area contributed by atoms with Gasteiger partial charge in [-0.3, -0.25) is 4.98 Å². The minimum atomic E-state index is -4.20. The molecule has 2 heterocycles. The van der Waals surface area contributed by atoms with Gasteiger partial charge in [0.25, 0.3) is 0 Å². The van der Waals surface area contributed by atoms with E-state index in [0.29, 0.717) is 13.1 Å². The van der Waals surface area contributed by atoms with Crippen LogP contribution < -0.4 is 10.2 Å². The van der Waals surface area contributed by atoms with Crippen molar-refractivity contribution in [2.45, 2.75) is 19.1 Å². The fourth-order valence-electron chi connectivity index (χ4n) is 2.20. The Balaban J connectivity index is 2.16. The second kappa shape index (κ2) is 5.61. The van der Waals surface area contributed by atoms with Gasteiger partial charge in [0, 0.05) is 48.9 Å². The standard InChI is InChI=1S/C13H16F3N3/c1-17-8-10-9-18-5-2-12(10)19-6-3-11(4-7-19)13(14,15)16/h2-3,5,9,17H,4,6-8H2,1H3. The Bertz CT molecular complexity index is 468. The van der Waals surface area contributed by atoms with Crippen LogP contribution in [0.25, 0.3) is 0 Å². The summed E-state index contributed by atoms with van der Waals surface area (Å²) >= 11 is 0. The number of nitrogens with one attached hydrogen (secondary N) is 1. The molecule has 1 aromatic rings. The summed E-state index contributed by atoms with van der Waals surface area (Å²) in [4.78, 5) is 6.00. The average molecular weight is 271 g/mol. The van der Waals surface area contributed by atoms with Crippen LogP contribution in [0.3, 0.4) is 0 Å². The molecule has 0 saturated carbocycles. The van der Waals surface area contributed by atoms with Gasteiger partial charge in [0.1, 0.15) is 0 Å². The molecule has 1 aliphatic heterocycles. The Hall–Kier alpha value is -1.56. The highest BCUT2D eigenvalue weighted by atomic mass is 19.4. The number of aromatic nitrogens is 1. The first-order valence-electron chi connectivity index (χ1n) is 6.11. The largest absolute Gasteiger partial charge is 0.412 e. The summed E-state index contributed by atoms with van der Waals surface area (Å²) in [5.41, 5.74) is 1.52. The van der Waals surface area contributed by atoms with Crippen LogP contribution in [0.5, 0.6) is 0 Å². The molecule has 0 unspecified atom stereocenters. The van der Waals surface area contributed by atoms with Gasteiger partial charge in [0.2, 0.25) is 0 Å². The van der Waals surface area contributed by atoms with E-state index >= 15 is 0 Å². The predicted molar refractivity (Wildman–Crippen MR) is 68.0 cm³/mol. The molecular formula is C13H16F3N3. The maximum atomic E-state index is 12.6. The quantitative estimate of drug-likeness (QED) is 0.856. The third kappa shape index (κ3) is 3.26. The summed E-state index contributed by atoms with van der Waals surface area (Å²) < 4.78 is 37.7. The number of hydrogen-bond acceptors (Lipinski definition) is 3. The summed E-state index contributed by atoms with van der Waals surface area (Å²) in [5, 5.41) is 3.03. The van der Waals surface area contributed by atoms with Crippen molar-refractivity contribution in [3.05, 3.63) is 35.7 Å². The molecule has 1 aromatic heterocycles. The zero-order chi connectivity index (χ0) is 13.9. The van der Waals surface area contributed by atoms with Gasteiger partial charge >= 0.3 is 6.18 Å². The van der Waals surface area contributed by atoms with E-state index < -0.39 is 11.7 Å². The molecule has 1 aliphatic rings. The van der Waals surface area contributed by atoms with Gasteiger partial charge in [-0.05, 0) is 19.5 Å². The van der Waals surface area contributed by atoms with Crippen molar-refractivity contribution in [3.8, 4) is 0 Å². The number of anilines is 1. The van der Waals surface area contributed by atoms with Crippen molar-refractivity contribution >= 4 is 5.69 Å². The summed E-state index contributed by atoms with van der Waals surface area (Å²) in [7, 11) is 1.83. The van der Waals surface area contributed by atoms with Crippen LogP contribution in [0.4, 0.5) is 18.9 Å². The molecule has 0 bridgehead atoms. The van der Waals surface area contributed by atoms with Gasteiger partial charge in [-0.2, -0.15) is 13.2 Å². The van der Waals surface area contributed by atoms with Gasteiger partial charge in [-0.15, -0.1) is 0 Å². The van der Waals surface area contributed by atoms with E-state index in [1.165, 1.54) is 6.08 Å². The van der Waals surface area contributed by atoms with Gasteiger partial charge in [0.15, 0.2) is 0 Å². The molecule has 104 valence electrons. The van der Waals surface area contributed by atoms with Crippen LogP contribution in [-0.2, 0) is 6.54 Å². The van der Waals surface area contributed by atoms with E-state index in [1.807, 2.05) is 18.0 Å². The van der Waals surface area contributed by atoms with Crippen molar-refractivity contribution in [1.29, 1.82) is 0 Å². The van der Waals surface area contributed by atoms with Crippen LogP contribution in [0, 0.1) is 0 Å². The van der Waals surface area contributed by atoms with Gasteiger partial charge in [0.05, 0.1) is 0 Å². The first-order chi connectivity index (χ1) is 9.02. The maximum absolute atomic E-state index is 12.6. The molecule has 0 amide bonds. The molecule has 0 atom stereocenters. The van der Waals surface area contributed by atoms with Crippen LogP contribution in [-0.4, -0.2) is 31.3 Å². The minimum Gasteiger partial charge on any atom is -0.367 e. The number of pyridine rings is 1. The smallest absolute Gasteiger partial charge is 0.367 e. The van der Waals surface area contributed by atoms with Gasteiger partial charge in [-0.1, -0.05) is 6.08 Å². The van der Waals surface area contributed by atoms with Crippen molar-refractivity contribution in [1.82, 2.24) is 10.3 Å². The second-order valence-electron chi connectivity index (χ2n) is 4.46. The lowest BCUT2D eigenvalue weighted by molar-refractivity contribution is -0.0943. The first kappa shape index (κ1) is 13.9. The normalized spacial score (nSPS) is 16.4. The van der Waals surface area contributed by atoms with Crippen molar-refractivity contribution < 1.29 is 13.2 Å². The number of nitrogens with zero attached hydrogens (tertiary/aromatic N) is 2. The van der Waals surface area contributed by atoms with E-state index in [0.717, 1.165) is 11.3 Å².